The topological polar surface area (TPSA) is 81.1 Å². The van der Waals surface area contributed by atoms with E-state index in [0.717, 1.165) is 11.3 Å². The van der Waals surface area contributed by atoms with E-state index >= 15 is 0 Å². The van der Waals surface area contributed by atoms with E-state index in [0.29, 0.717) is 6.54 Å². The minimum absolute atomic E-state index is 0.203. The summed E-state index contributed by atoms with van der Waals surface area (Å²) in [6.07, 6.45) is 0. The van der Waals surface area contributed by atoms with Crippen molar-refractivity contribution in [3.63, 3.8) is 0 Å². The van der Waals surface area contributed by atoms with Crippen LogP contribution in [0, 0.1) is 0 Å². The van der Waals surface area contributed by atoms with E-state index < -0.39 is 6.04 Å². The summed E-state index contributed by atoms with van der Waals surface area (Å²) in [4.78, 5) is 11.3. The Morgan fingerprint density at radius 3 is 2.71 bits per heavy atom. The molecule has 76 valence electrons. The second-order valence-electron chi connectivity index (χ2n) is 3.14. The third-order valence-electron chi connectivity index (χ3n) is 1.91. The van der Waals surface area contributed by atoms with Gasteiger partial charge in [-0.15, -0.1) is 0 Å². The predicted molar refractivity (Wildman–Crippen MR) is 56.6 cm³/mol. The van der Waals surface area contributed by atoms with Gasteiger partial charge in [0.05, 0.1) is 6.04 Å². The van der Waals surface area contributed by atoms with Crippen molar-refractivity contribution >= 4 is 11.6 Å². The molecular formula is C10H15N3O. The SMILES string of the molecule is CC(N)C(=O)Nc1ccccc1CN. The molecular weight excluding hydrogens is 178 g/mol. The maximum absolute atomic E-state index is 11.3. The third-order valence-corrected chi connectivity index (χ3v) is 1.91. The van der Waals surface area contributed by atoms with Crippen molar-refractivity contribution in [1.82, 2.24) is 0 Å². The Balaban J connectivity index is 2.80. The molecule has 1 aromatic rings. The van der Waals surface area contributed by atoms with Crippen LogP contribution in [0.3, 0.4) is 0 Å². The number of nitrogens with one attached hydrogen (secondary N) is 1. The van der Waals surface area contributed by atoms with Crippen molar-refractivity contribution in [3.8, 4) is 0 Å². The lowest BCUT2D eigenvalue weighted by Crippen LogP contribution is -2.32. The van der Waals surface area contributed by atoms with Crippen molar-refractivity contribution in [3.05, 3.63) is 29.8 Å². The summed E-state index contributed by atoms with van der Waals surface area (Å²) in [6.45, 7) is 2.04. The summed E-state index contributed by atoms with van der Waals surface area (Å²) in [5.74, 6) is -0.203. The molecule has 0 aliphatic carbocycles. The van der Waals surface area contributed by atoms with Gasteiger partial charge in [0.2, 0.25) is 5.91 Å². The maximum Gasteiger partial charge on any atom is 0.241 e. The molecule has 14 heavy (non-hydrogen) atoms. The zero-order valence-electron chi connectivity index (χ0n) is 8.16. The fourth-order valence-corrected chi connectivity index (χ4v) is 1.07. The van der Waals surface area contributed by atoms with Crippen LogP contribution in [0.5, 0.6) is 0 Å². The standard InChI is InChI=1S/C10H15N3O/c1-7(12)10(14)13-9-5-3-2-4-8(9)6-11/h2-5,7H,6,11-12H2,1H3,(H,13,14). The first kappa shape index (κ1) is 10.7. The molecule has 4 nitrogen and oxygen atoms in total. The number of rotatable bonds is 3. The molecule has 4 heteroatoms. The molecule has 1 unspecified atom stereocenters. The first-order chi connectivity index (χ1) is 6.65. The van der Waals surface area contributed by atoms with E-state index in [-0.39, 0.29) is 5.91 Å². The molecule has 0 aromatic heterocycles. The van der Waals surface area contributed by atoms with E-state index in [9.17, 15) is 4.79 Å². The van der Waals surface area contributed by atoms with Crippen molar-refractivity contribution in [2.75, 3.05) is 5.32 Å². The Labute approximate surface area is 83.3 Å². The molecule has 0 saturated heterocycles. The van der Waals surface area contributed by atoms with Gasteiger partial charge in [0.15, 0.2) is 0 Å². The van der Waals surface area contributed by atoms with Gasteiger partial charge in [-0.1, -0.05) is 18.2 Å². The highest BCUT2D eigenvalue weighted by atomic mass is 16.2. The molecule has 0 aliphatic rings. The fraction of sp³-hybridized carbons (Fsp3) is 0.300. The van der Waals surface area contributed by atoms with Gasteiger partial charge >= 0.3 is 0 Å². The van der Waals surface area contributed by atoms with Gasteiger partial charge in [-0.3, -0.25) is 4.79 Å². The first-order valence-corrected chi connectivity index (χ1v) is 4.49. The molecule has 1 atom stereocenters. The Kier molecular flexibility index (Phi) is 3.62. The van der Waals surface area contributed by atoms with Crippen LogP contribution in [0.15, 0.2) is 24.3 Å². The highest BCUT2D eigenvalue weighted by Crippen LogP contribution is 2.13. The summed E-state index contributed by atoms with van der Waals surface area (Å²) in [5.41, 5.74) is 12.6. The lowest BCUT2D eigenvalue weighted by molar-refractivity contribution is -0.117. The zero-order valence-corrected chi connectivity index (χ0v) is 8.16. The number of carbonyl (C=O) groups excluding carboxylic acids is 1. The van der Waals surface area contributed by atoms with Crippen LogP contribution in [0.2, 0.25) is 0 Å². The van der Waals surface area contributed by atoms with Crippen molar-refractivity contribution in [2.45, 2.75) is 19.5 Å². The van der Waals surface area contributed by atoms with E-state index in [4.69, 9.17) is 11.5 Å². The van der Waals surface area contributed by atoms with Gasteiger partial charge in [-0.05, 0) is 18.6 Å². The molecule has 1 rings (SSSR count). The summed E-state index contributed by atoms with van der Waals surface area (Å²) < 4.78 is 0. The van der Waals surface area contributed by atoms with Gasteiger partial charge in [0.1, 0.15) is 0 Å². The van der Waals surface area contributed by atoms with Gasteiger partial charge in [0.25, 0.3) is 0 Å². The maximum atomic E-state index is 11.3. The lowest BCUT2D eigenvalue weighted by atomic mass is 10.1. The molecule has 0 spiro atoms. The normalized spacial score (nSPS) is 12.2. The molecule has 0 aliphatic heterocycles. The van der Waals surface area contributed by atoms with Gasteiger partial charge in [-0.2, -0.15) is 0 Å². The number of amides is 1. The number of benzene rings is 1. The van der Waals surface area contributed by atoms with Crippen LogP contribution in [0.4, 0.5) is 5.69 Å². The number of para-hydroxylation sites is 1. The second kappa shape index (κ2) is 4.74. The Morgan fingerprint density at radius 1 is 1.50 bits per heavy atom. The number of carbonyl (C=O) groups is 1. The monoisotopic (exact) mass is 193 g/mol. The van der Waals surface area contributed by atoms with Crippen LogP contribution >= 0.6 is 0 Å². The molecule has 0 saturated carbocycles. The Morgan fingerprint density at radius 2 is 2.14 bits per heavy atom. The average molecular weight is 193 g/mol. The second-order valence-corrected chi connectivity index (χ2v) is 3.14. The number of nitrogens with two attached hydrogens (primary N) is 2. The van der Waals surface area contributed by atoms with Gasteiger partial charge in [-0.25, -0.2) is 0 Å². The van der Waals surface area contributed by atoms with Crippen LogP contribution in [0.25, 0.3) is 0 Å². The van der Waals surface area contributed by atoms with Gasteiger partial charge in [0, 0.05) is 12.2 Å². The van der Waals surface area contributed by atoms with Crippen molar-refractivity contribution in [2.24, 2.45) is 11.5 Å². The third kappa shape index (κ3) is 2.55. The number of hydrogen-bond donors (Lipinski definition) is 3. The fourth-order valence-electron chi connectivity index (χ4n) is 1.07. The van der Waals surface area contributed by atoms with Crippen molar-refractivity contribution < 1.29 is 4.79 Å². The minimum Gasteiger partial charge on any atom is -0.326 e. The van der Waals surface area contributed by atoms with E-state index in [1.54, 1.807) is 6.92 Å². The molecule has 0 fully saturated rings. The van der Waals surface area contributed by atoms with E-state index in [1.807, 2.05) is 24.3 Å². The van der Waals surface area contributed by atoms with Crippen LogP contribution < -0.4 is 16.8 Å². The largest absolute Gasteiger partial charge is 0.326 e. The quantitative estimate of drug-likeness (QED) is 0.651. The molecule has 0 radical (unpaired) electrons. The number of hydrogen-bond acceptors (Lipinski definition) is 3. The highest BCUT2D eigenvalue weighted by Gasteiger charge is 2.08. The summed E-state index contributed by atoms with van der Waals surface area (Å²) in [6, 6.07) is 6.89. The van der Waals surface area contributed by atoms with Crippen LogP contribution in [0.1, 0.15) is 12.5 Å². The lowest BCUT2D eigenvalue weighted by Gasteiger charge is -2.10. The minimum atomic E-state index is -0.513. The Bertz CT molecular complexity index is 323. The first-order valence-electron chi connectivity index (χ1n) is 4.49. The molecule has 1 amide bonds. The smallest absolute Gasteiger partial charge is 0.241 e. The summed E-state index contributed by atoms with van der Waals surface area (Å²) in [7, 11) is 0. The summed E-state index contributed by atoms with van der Waals surface area (Å²) >= 11 is 0. The zero-order chi connectivity index (χ0) is 10.6. The summed E-state index contributed by atoms with van der Waals surface area (Å²) in [5, 5.41) is 2.72. The van der Waals surface area contributed by atoms with E-state index in [2.05, 4.69) is 5.32 Å². The molecule has 0 bridgehead atoms. The highest BCUT2D eigenvalue weighted by molar-refractivity contribution is 5.94. The van der Waals surface area contributed by atoms with E-state index in [1.165, 1.54) is 0 Å². The average Bonchev–Trinajstić information content (AvgIpc) is 2.18. The van der Waals surface area contributed by atoms with Crippen LogP contribution in [-0.2, 0) is 11.3 Å². The van der Waals surface area contributed by atoms with Crippen LogP contribution in [-0.4, -0.2) is 11.9 Å². The van der Waals surface area contributed by atoms with Crippen molar-refractivity contribution in [1.29, 1.82) is 0 Å². The number of anilines is 1. The molecule has 5 N–H and O–H groups in total. The van der Waals surface area contributed by atoms with Gasteiger partial charge < -0.3 is 16.8 Å². The Hall–Kier alpha value is -1.39. The molecule has 0 heterocycles. The molecule has 1 aromatic carbocycles. The predicted octanol–water partition coefficient (Wildman–Crippen LogP) is 0.431.